The van der Waals surface area contributed by atoms with Crippen molar-refractivity contribution >= 4 is 17.9 Å². The van der Waals surface area contributed by atoms with Gasteiger partial charge < -0.3 is 0 Å². The first kappa shape index (κ1) is 17.3. The predicted molar refractivity (Wildman–Crippen MR) is 88.4 cm³/mol. The molecule has 0 spiro atoms. The fraction of sp³-hybridized carbons (Fsp3) is 0.500. The predicted octanol–water partition coefficient (Wildman–Crippen LogP) is 4.98. The summed E-state index contributed by atoms with van der Waals surface area (Å²) in [7, 11) is 0. The average molecular weight is 312 g/mol. The van der Waals surface area contributed by atoms with Crippen molar-refractivity contribution in [1.82, 2.24) is 4.67 Å². The second kappa shape index (κ2) is 7.32. The molecule has 0 aliphatic rings. The van der Waals surface area contributed by atoms with E-state index in [9.17, 15) is 4.57 Å². The minimum Gasteiger partial charge on any atom is -0.288 e. The lowest BCUT2D eigenvalue weighted by atomic mass is 10.2. The first-order valence-corrected chi connectivity index (χ1v) is 9.55. The average Bonchev–Trinajstić information content (AvgIpc) is 2.35. The summed E-state index contributed by atoms with van der Waals surface area (Å²) in [5.74, 6) is 6.09. The van der Waals surface area contributed by atoms with Crippen molar-refractivity contribution in [2.24, 2.45) is 0 Å². The monoisotopic (exact) mass is 311 g/mol. The van der Waals surface area contributed by atoms with Gasteiger partial charge >= 0.3 is 0 Å². The molecule has 0 unspecified atom stereocenters. The third-order valence-corrected chi connectivity index (χ3v) is 7.09. The molecule has 2 atom stereocenters. The summed E-state index contributed by atoms with van der Waals surface area (Å²) >= 11 is 6.39. The second-order valence-corrected chi connectivity index (χ2v) is 9.20. The van der Waals surface area contributed by atoms with E-state index >= 15 is 0 Å². The van der Waals surface area contributed by atoms with Crippen molar-refractivity contribution in [2.45, 2.75) is 52.4 Å². The Balaban J connectivity index is 2.98. The van der Waals surface area contributed by atoms with Crippen LogP contribution in [0, 0.1) is 11.8 Å². The molecule has 0 fully saturated rings. The summed E-state index contributed by atoms with van der Waals surface area (Å²) in [6.45, 7) is 6.85. The third-order valence-electron chi connectivity index (χ3n) is 3.05. The first-order chi connectivity index (χ1) is 9.26. The van der Waals surface area contributed by atoms with Crippen LogP contribution < -0.4 is 0 Å². The second-order valence-electron chi connectivity index (χ2n) is 5.42. The molecule has 0 amide bonds. The maximum absolute atomic E-state index is 12.9. The largest absolute Gasteiger partial charge is 0.288 e. The Morgan fingerprint density at radius 3 is 2.00 bits per heavy atom. The van der Waals surface area contributed by atoms with Crippen molar-refractivity contribution < 1.29 is 4.57 Å². The van der Waals surface area contributed by atoms with Gasteiger partial charge in [-0.15, -0.1) is 0 Å². The third kappa shape index (κ3) is 4.38. The van der Waals surface area contributed by atoms with Crippen molar-refractivity contribution in [2.75, 3.05) is 0 Å². The van der Waals surface area contributed by atoms with Gasteiger partial charge in [-0.2, -0.15) is 0 Å². The Bertz CT molecular complexity index is 522. The van der Waals surface area contributed by atoms with Crippen molar-refractivity contribution in [1.29, 1.82) is 0 Å². The molecule has 0 aliphatic heterocycles. The maximum atomic E-state index is 12.9. The summed E-state index contributed by atoms with van der Waals surface area (Å²) in [5.41, 5.74) is 0.547. The molecule has 0 saturated carbocycles. The summed E-state index contributed by atoms with van der Waals surface area (Å²) < 4.78 is 14.8. The molecule has 0 radical (unpaired) electrons. The fourth-order valence-corrected chi connectivity index (χ4v) is 5.29. The van der Waals surface area contributed by atoms with Crippen LogP contribution in [0.4, 0.5) is 0 Å². The van der Waals surface area contributed by atoms with Crippen LogP contribution in [0.5, 0.6) is 0 Å². The van der Waals surface area contributed by atoms with Gasteiger partial charge in [0.15, 0.2) is 0 Å². The Hall–Kier alpha value is -0.740. The van der Waals surface area contributed by atoms with Crippen LogP contribution >= 0.6 is 17.9 Å². The summed E-state index contributed by atoms with van der Waals surface area (Å²) in [4.78, 5) is 0. The molecule has 20 heavy (non-hydrogen) atoms. The lowest BCUT2D eigenvalue weighted by molar-refractivity contribution is 0.304. The van der Waals surface area contributed by atoms with Gasteiger partial charge in [-0.3, -0.25) is 4.57 Å². The van der Waals surface area contributed by atoms with Gasteiger partial charge in [0.25, 0.3) is 0 Å². The highest BCUT2D eigenvalue weighted by molar-refractivity contribution is 7.88. The zero-order valence-corrected chi connectivity index (χ0v) is 14.4. The van der Waals surface area contributed by atoms with E-state index in [2.05, 4.69) is 11.8 Å². The fourth-order valence-electron chi connectivity index (χ4n) is 2.21. The lowest BCUT2D eigenvalue weighted by Crippen LogP contribution is -2.35. The first-order valence-electron chi connectivity index (χ1n) is 6.91. The van der Waals surface area contributed by atoms with Crippen LogP contribution in [0.2, 0.25) is 0 Å². The molecule has 0 bridgehead atoms. The van der Waals surface area contributed by atoms with Gasteiger partial charge in [-0.25, -0.2) is 4.67 Å². The zero-order valence-electron chi connectivity index (χ0n) is 12.8. The van der Waals surface area contributed by atoms with Crippen LogP contribution in [-0.2, 0) is 4.57 Å². The molecule has 4 heteroatoms. The molecular weight excluding hydrogens is 289 g/mol. The van der Waals surface area contributed by atoms with Gasteiger partial charge in [-0.1, -0.05) is 30.0 Å². The van der Waals surface area contributed by atoms with Crippen LogP contribution in [0.15, 0.2) is 30.3 Å². The number of nitrogens with zero attached hydrogens (tertiary/aromatic N) is 1. The smallest absolute Gasteiger partial charge is 0.249 e. The van der Waals surface area contributed by atoms with E-state index in [-0.39, 0.29) is 17.7 Å². The quantitative estimate of drug-likeness (QED) is 0.577. The van der Waals surface area contributed by atoms with E-state index in [4.69, 9.17) is 11.2 Å². The standard InChI is InChI=1S/C16H23ClNOP/c1-13(2)18(14(3)4)20(17,19)15(5)11-12-16-9-7-6-8-10-16/h6-10,13-15H,1-5H3/t15-,20+/m0/s1. The normalized spacial score (nSPS) is 15.8. The molecule has 0 aliphatic carbocycles. The SMILES string of the molecule is CC(C)N(C(C)C)[P@](=O)(Cl)[C@@H](C)C#Cc1ccccc1. The summed E-state index contributed by atoms with van der Waals surface area (Å²) in [6.07, 6.45) is 0. The number of halogens is 1. The Morgan fingerprint density at radius 2 is 1.55 bits per heavy atom. The van der Waals surface area contributed by atoms with E-state index in [1.165, 1.54) is 0 Å². The molecule has 0 aromatic heterocycles. The molecule has 1 aromatic carbocycles. The van der Waals surface area contributed by atoms with Gasteiger partial charge in [0.05, 0.1) is 5.66 Å². The van der Waals surface area contributed by atoms with E-state index in [0.29, 0.717) is 0 Å². The Kier molecular flexibility index (Phi) is 6.34. The minimum absolute atomic E-state index is 0.124. The van der Waals surface area contributed by atoms with Crippen molar-refractivity contribution in [3.05, 3.63) is 35.9 Å². The van der Waals surface area contributed by atoms with E-state index in [1.807, 2.05) is 69.6 Å². The van der Waals surface area contributed by atoms with E-state index < -0.39 is 6.65 Å². The van der Waals surface area contributed by atoms with Gasteiger partial charge in [0.2, 0.25) is 6.65 Å². The molecule has 0 saturated heterocycles. The van der Waals surface area contributed by atoms with Crippen LogP contribution in [0.25, 0.3) is 0 Å². The minimum atomic E-state index is -3.01. The van der Waals surface area contributed by atoms with Crippen molar-refractivity contribution in [3.63, 3.8) is 0 Å². The highest BCUT2D eigenvalue weighted by atomic mass is 35.7. The number of hydrogen-bond donors (Lipinski definition) is 0. The van der Waals surface area contributed by atoms with Gasteiger partial charge in [-0.05, 0) is 58.0 Å². The molecule has 0 N–H and O–H groups in total. The van der Waals surface area contributed by atoms with E-state index in [1.54, 1.807) is 0 Å². The van der Waals surface area contributed by atoms with Crippen LogP contribution in [-0.4, -0.2) is 22.4 Å². The molecule has 2 nitrogen and oxygen atoms in total. The highest BCUT2D eigenvalue weighted by Gasteiger charge is 2.36. The number of hydrogen-bond acceptors (Lipinski definition) is 1. The molecule has 0 heterocycles. The zero-order chi connectivity index (χ0) is 15.3. The topological polar surface area (TPSA) is 20.3 Å². The van der Waals surface area contributed by atoms with E-state index in [0.717, 1.165) is 5.56 Å². The van der Waals surface area contributed by atoms with Crippen LogP contribution in [0.3, 0.4) is 0 Å². The summed E-state index contributed by atoms with van der Waals surface area (Å²) in [6, 6.07) is 9.93. The maximum Gasteiger partial charge on any atom is 0.249 e. The Morgan fingerprint density at radius 1 is 1.05 bits per heavy atom. The molecule has 110 valence electrons. The van der Waals surface area contributed by atoms with Gasteiger partial charge in [0, 0.05) is 17.6 Å². The summed E-state index contributed by atoms with van der Waals surface area (Å²) in [5, 5.41) is 0. The molecule has 1 rings (SSSR count). The van der Waals surface area contributed by atoms with Crippen LogP contribution in [0.1, 0.15) is 40.2 Å². The highest BCUT2D eigenvalue weighted by Crippen LogP contribution is 2.60. The molecular formula is C16H23ClNOP. The number of benzene rings is 1. The Labute approximate surface area is 127 Å². The lowest BCUT2D eigenvalue weighted by Gasteiger charge is -2.35. The van der Waals surface area contributed by atoms with Gasteiger partial charge in [0.1, 0.15) is 0 Å². The molecule has 1 aromatic rings. The van der Waals surface area contributed by atoms with Crippen molar-refractivity contribution in [3.8, 4) is 11.8 Å². The number of rotatable bonds is 4.